The van der Waals surface area contributed by atoms with E-state index in [4.69, 9.17) is 27.6 Å². The molecule has 0 aliphatic carbocycles. The van der Waals surface area contributed by atoms with Gasteiger partial charge in [0.05, 0.1) is 19.0 Å². The number of guanidine groups is 2. The number of nitrogens with one attached hydrogen (secondary N) is 1. The van der Waals surface area contributed by atoms with Gasteiger partial charge in [-0.15, -0.1) is 0 Å². The number of nitrogens with zero attached hydrogens (tertiary/aromatic N) is 2. The molecule has 9 heteroatoms. The van der Waals surface area contributed by atoms with Gasteiger partial charge in [0.2, 0.25) is 0 Å². The Morgan fingerprint density at radius 3 is 2.38 bits per heavy atom. The van der Waals surface area contributed by atoms with E-state index >= 15 is 0 Å². The number of hydrogen-bond acceptors (Lipinski definition) is 4. The summed E-state index contributed by atoms with van der Waals surface area (Å²) in [4.78, 5) is 8.28. The van der Waals surface area contributed by atoms with Crippen molar-refractivity contribution < 1.29 is 4.65 Å². The Bertz CT molecular complexity index is 1150. The van der Waals surface area contributed by atoms with Gasteiger partial charge in [-0.1, -0.05) is 50.8 Å². The summed E-state index contributed by atoms with van der Waals surface area (Å²) in [7, 11) is 0. The summed E-state index contributed by atoms with van der Waals surface area (Å²) < 4.78 is 6.40. The molecule has 2 aromatic rings. The molecule has 2 heterocycles. The molecule has 2 aliphatic rings. The van der Waals surface area contributed by atoms with Crippen molar-refractivity contribution in [3.05, 3.63) is 76.8 Å². The second-order valence-corrected chi connectivity index (χ2v) is 8.16. The quantitative estimate of drug-likeness (QED) is 0.254. The molecule has 0 saturated carbocycles. The molecule has 1 unspecified atom stereocenters. The van der Waals surface area contributed by atoms with Gasteiger partial charge in [-0.3, -0.25) is 0 Å². The van der Waals surface area contributed by atoms with Crippen LogP contribution in [-0.4, -0.2) is 24.8 Å². The molecule has 1 atom stereocenters. The molecule has 0 spiro atoms. The standard InChI is InChI=1S/C23H28BN7O.C2H6/c1-13(2)18-5-3-4-15-9-20-24(32-21(15)18)10-19(31-20)14-6-7-16(11-29-22(25)26)17(8-14)12-30-23(27)28;1-2/h3-8,10,20,31H,1,9,11-12H2,2H3,(H4,25,26,29)(H4,27,28,30);1-2H3. The Morgan fingerprint density at radius 1 is 1.06 bits per heavy atom. The van der Waals surface area contributed by atoms with Gasteiger partial charge in [0.15, 0.2) is 11.9 Å². The third-order valence-electron chi connectivity index (χ3n) is 5.70. The number of allylic oxidation sites excluding steroid dienone is 1. The van der Waals surface area contributed by atoms with E-state index in [0.29, 0.717) is 13.1 Å². The van der Waals surface area contributed by atoms with Crippen LogP contribution in [0.2, 0.25) is 0 Å². The van der Waals surface area contributed by atoms with Crippen LogP contribution >= 0.6 is 0 Å². The molecule has 0 bridgehead atoms. The highest BCUT2D eigenvalue weighted by Crippen LogP contribution is 2.36. The number of nitrogens with two attached hydrogens (primary N) is 4. The van der Waals surface area contributed by atoms with E-state index in [1.165, 1.54) is 5.56 Å². The van der Waals surface area contributed by atoms with Crippen LogP contribution in [0.3, 0.4) is 0 Å². The highest BCUT2D eigenvalue weighted by molar-refractivity contribution is 6.63. The maximum absolute atomic E-state index is 6.40. The number of para-hydroxylation sites is 1. The number of rotatable bonds is 6. The monoisotopic (exact) mass is 459 g/mol. The lowest BCUT2D eigenvalue weighted by atomic mass is 9.58. The normalized spacial score (nSPS) is 15.3. The zero-order valence-corrected chi connectivity index (χ0v) is 20.1. The summed E-state index contributed by atoms with van der Waals surface area (Å²) in [5, 5.41) is 3.62. The second-order valence-electron chi connectivity index (χ2n) is 8.16. The summed E-state index contributed by atoms with van der Waals surface area (Å²) in [5.74, 6) is 3.31. The zero-order chi connectivity index (χ0) is 24.8. The van der Waals surface area contributed by atoms with E-state index in [1.54, 1.807) is 0 Å². The van der Waals surface area contributed by atoms with Crippen molar-refractivity contribution in [3.63, 3.8) is 0 Å². The van der Waals surface area contributed by atoms with Gasteiger partial charge in [0.25, 0.3) is 0 Å². The van der Waals surface area contributed by atoms with Gasteiger partial charge < -0.3 is 32.9 Å². The van der Waals surface area contributed by atoms with Crippen LogP contribution < -0.4 is 32.9 Å². The van der Waals surface area contributed by atoms with Crippen LogP contribution in [0.1, 0.15) is 48.6 Å². The topological polar surface area (TPSA) is 150 Å². The predicted molar refractivity (Wildman–Crippen MR) is 143 cm³/mol. The molecular weight excluding hydrogens is 425 g/mol. The molecule has 0 radical (unpaired) electrons. The molecule has 178 valence electrons. The maximum atomic E-state index is 6.40. The molecule has 2 aromatic carbocycles. The van der Waals surface area contributed by atoms with Crippen molar-refractivity contribution >= 4 is 30.1 Å². The fourth-order valence-electron chi connectivity index (χ4n) is 4.11. The van der Waals surface area contributed by atoms with Crippen LogP contribution in [-0.2, 0) is 19.5 Å². The molecule has 0 amide bonds. The van der Waals surface area contributed by atoms with E-state index in [9.17, 15) is 0 Å². The van der Waals surface area contributed by atoms with Crippen LogP contribution in [0.25, 0.3) is 11.3 Å². The van der Waals surface area contributed by atoms with Crippen LogP contribution in [0, 0.1) is 0 Å². The van der Waals surface area contributed by atoms with Gasteiger partial charge >= 0.3 is 6.92 Å². The van der Waals surface area contributed by atoms with E-state index in [0.717, 1.165) is 45.7 Å². The smallest absolute Gasteiger partial charge is 0.409 e. The molecule has 34 heavy (non-hydrogen) atoms. The van der Waals surface area contributed by atoms with Gasteiger partial charge in [-0.25, -0.2) is 9.98 Å². The minimum Gasteiger partial charge on any atom is -0.554 e. The number of aliphatic imine (C=N–C) groups is 2. The molecule has 0 fully saturated rings. The largest absolute Gasteiger partial charge is 0.554 e. The first kappa shape index (κ1) is 24.8. The van der Waals surface area contributed by atoms with Crippen molar-refractivity contribution in [2.75, 3.05) is 0 Å². The summed E-state index contributed by atoms with van der Waals surface area (Å²) in [6.07, 6.45) is 0.880. The predicted octanol–water partition coefficient (Wildman–Crippen LogP) is 2.31. The van der Waals surface area contributed by atoms with Gasteiger partial charge in [-0.2, -0.15) is 0 Å². The minimum atomic E-state index is -0.0551. The maximum Gasteiger partial charge on any atom is 0.409 e. The summed E-state index contributed by atoms with van der Waals surface area (Å²) >= 11 is 0. The van der Waals surface area contributed by atoms with E-state index in [-0.39, 0.29) is 24.8 Å². The summed E-state index contributed by atoms with van der Waals surface area (Å²) in [5.41, 5.74) is 29.3. The number of benzene rings is 2. The van der Waals surface area contributed by atoms with Crippen LogP contribution in [0.4, 0.5) is 0 Å². The fraction of sp³-hybridized carbons (Fsp3) is 0.280. The Labute approximate surface area is 202 Å². The zero-order valence-electron chi connectivity index (χ0n) is 20.1. The van der Waals surface area contributed by atoms with E-state index < -0.39 is 0 Å². The van der Waals surface area contributed by atoms with Crippen LogP contribution in [0.5, 0.6) is 5.75 Å². The average molecular weight is 459 g/mol. The van der Waals surface area contributed by atoms with Gasteiger partial charge in [0.1, 0.15) is 5.75 Å². The van der Waals surface area contributed by atoms with Crippen molar-refractivity contribution in [3.8, 4) is 5.75 Å². The lowest BCUT2D eigenvalue weighted by molar-refractivity contribution is 0.513. The first-order valence-electron chi connectivity index (χ1n) is 11.5. The minimum absolute atomic E-state index is 0.0342. The van der Waals surface area contributed by atoms with Gasteiger partial charge in [-0.05, 0) is 53.2 Å². The Morgan fingerprint density at radius 2 is 1.74 bits per heavy atom. The van der Waals surface area contributed by atoms with E-state index in [1.807, 2.05) is 32.9 Å². The molecule has 2 aliphatic heterocycles. The lowest BCUT2D eigenvalue weighted by Gasteiger charge is -2.28. The third-order valence-corrected chi connectivity index (χ3v) is 5.70. The second kappa shape index (κ2) is 10.8. The van der Waals surface area contributed by atoms with Crippen LogP contribution in [0.15, 0.2) is 58.9 Å². The highest BCUT2D eigenvalue weighted by Gasteiger charge is 2.39. The Balaban J connectivity index is 0.00000158. The first-order chi connectivity index (χ1) is 16.3. The Hall–Kier alpha value is -3.88. The Kier molecular flexibility index (Phi) is 7.89. The molecular formula is C25H34BN7O. The molecule has 4 rings (SSSR count). The number of fused-ring (bicyclic) bond motifs is 2. The van der Waals surface area contributed by atoms with Crippen molar-refractivity contribution in [1.29, 1.82) is 0 Å². The van der Waals surface area contributed by atoms with Crippen molar-refractivity contribution in [2.45, 2.75) is 46.2 Å². The molecule has 8 nitrogen and oxygen atoms in total. The van der Waals surface area contributed by atoms with Gasteiger partial charge in [0, 0.05) is 11.3 Å². The van der Waals surface area contributed by atoms with Crippen molar-refractivity contribution in [2.24, 2.45) is 32.9 Å². The summed E-state index contributed by atoms with van der Waals surface area (Å²) in [6.45, 7) is 10.7. The first-order valence-corrected chi connectivity index (χ1v) is 11.5. The SMILES string of the molecule is C=C(C)c1cccc2c1OB1C=C(c3ccc(CN=C(N)N)c(CN=C(N)N)c3)NC1C2.CC. The highest BCUT2D eigenvalue weighted by atomic mass is 16.4. The molecule has 9 N–H and O–H groups in total. The number of hydrogen-bond donors (Lipinski definition) is 5. The molecule has 0 saturated heterocycles. The molecule has 0 aromatic heterocycles. The fourth-order valence-corrected chi connectivity index (χ4v) is 4.11. The van der Waals surface area contributed by atoms with E-state index in [2.05, 4.69) is 52.1 Å². The third kappa shape index (κ3) is 5.54. The van der Waals surface area contributed by atoms with Crippen molar-refractivity contribution in [1.82, 2.24) is 5.32 Å². The summed E-state index contributed by atoms with van der Waals surface area (Å²) in [6, 6.07) is 12.3. The lowest BCUT2D eigenvalue weighted by Crippen LogP contribution is -2.44. The average Bonchev–Trinajstić information content (AvgIpc) is 3.23.